The number of nitrogens with zero attached hydrogens (tertiary/aromatic N) is 2. The molecule has 1 spiro atoms. The molecule has 2 amide bonds. The van der Waals surface area contributed by atoms with Gasteiger partial charge in [-0.05, 0) is 25.0 Å². The molecule has 1 aromatic rings. The molecule has 0 unspecified atom stereocenters. The van der Waals surface area contributed by atoms with Crippen LogP contribution < -0.4 is 10.2 Å². The summed E-state index contributed by atoms with van der Waals surface area (Å²) in [5, 5.41) is 3.18. The van der Waals surface area contributed by atoms with Crippen LogP contribution in [-0.2, 0) is 0 Å². The monoisotopic (exact) mass is 231 g/mol. The molecule has 1 saturated heterocycles. The van der Waals surface area contributed by atoms with Crippen molar-refractivity contribution in [1.29, 1.82) is 0 Å². The maximum absolute atomic E-state index is 12.0. The molecule has 4 nitrogen and oxygen atoms in total. The Labute approximate surface area is 101 Å². The van der Waals surface area contributed by atoms with E-state index in [1.807, 2.05) is 17.0 Å². The van der Waals surface area contributed by atoms with E-state index in [0.717, 1.165) is 25.1 Å². The number of rotatable bonds is 1. The summed E-state index contributed by atoms with van der Waals surface area (Å²) in [4.78, 5) is 17.9. The highest BCUT2D eigenvalue weighted by Gasteiger charge is 2.43. The van der Waals surface area contributed by atoms with Crippen LogP contribution in [0.15, 0.2) is 24.5 Å². The fraction of sp³-hybridized carbons (Fsp3) is 0.538. The highest BCUT2D eigenvalue weighted by Crippen LogP contribution is 2.34. The van der Waals surface area contributed by atoms with Gasteiger partial charge in [0.15, 0.2) is 0 Å². The van der Waals surface area contributed by atoms with E-state index >= 15 is 0 Å². The number of anilines is 1. The van der Waals surface area contributed by atoms with Gasteiger partial charge in [-0.15, -0.1) is 0 Å². The first-order valence-electron chi connectivity index (χ1n) is 6.29. The molecular weight excluding hydrogens is 214 g/mol. The number of aromatic nitrogens is 1. The Kier molecular flexibility index (Phi) is 2.50. The molecule has 4 heteroatoms. The SMILES string of the molecule is O=C1NC2(CCCCC2)CN1c1cccnc1. The molecule has 90 valence electrons. The number of hydrogen-bond acceptors (Lipinski definition) is 2. The summed E-state index contributed by atoms with van der Waals surface area (Å²) in [6.45, 7) is 0.789. The maximum Gasteiger partial charge on any atom is 0.322 e. The zero-order chi connectivity index (χ0) is 11.7. The fourth-order valence-corrected chi connectivity index (χ4v) is 2.94. The molecule has 0 radical (unpaired) electrons. The normalized spacial score (nSPS) is 22.8. The van der Waals surface area contributed by atoms with Crippen LogP contribution in [0.5, 0.6) is 0 Å². The van der Waals surface area contributed by atoms with Gasteiger partial charge >= 0.3 is 6.03 Å². The number of carbonyl (C=O) groups is 1. The second-order valence-electron chi connectivity index (χ2n) is 5.07. The lowest BCUT2D eigenvalue weighted by Gasteiger charge is -2.32. The van der Waals surface area contributed by atoms with E-state index < -0.39 is 0 Å². The summed E-state index contributed by atoms with van der Waals surface area (Å²) in [6.07, 6.45) is 9.44. The molecule has 1 N–H and O–H groups in total. The number of nitrogens with one attached hydrogen (secondary N) is 1. The van der Waals surface area contributed by atoms with Crippen LogP contribution in [0, 0.1) is 0 Å². The zero-order valence-electron chi connectivity index (χ0n) is 9.85. The maximum atomic E-state index is 12.0. The summed E-state index contributed by atoms with van der Waals surface area (Å²) in [5.41, 5.74) is 0.915. The van der Waals surface area contributed by atoms with Gasteiger partial charge in [-0.1, -0.05) is 19.3 Å². The topological polar surface area (TPSA) is 45.2 Å². The minimum atomic E-state index is 0.0190. The molecule has 0 atom stereocenters. The van der Waals surface area contributed by atoms with Crippen molar-refractivity contribution in [3.63, 3.8) is 0 Å². The first-order valence-corrected chi connectivity index (χ1v) is 6.29. The molecule has 0 bridgehead atoms. The smallest absolute Gasteiger partial charge is 0.322 e. The predicted molar refractivity (Wildman–Crippen MR) is 65.9 cm³/mol. The molecule has 1 aliphatic carbocycles. The Morgan fingerprint density at radius 3 is 2.82 bits per heavy atom. The lowest BCUT2D eigenvalue weighted by Crippen LogP contribution is -2.44. The Morgan fingerprint density at radius 2 is 2.12 bits per heavy atom. The van der Waals surface area contributed by atoms with E-state index in [4.69, 9.17) is 0 Å². The molecule has 1 aliphatic heterocycles. The van der Waals surface area contributed by atoms with Crippen molar-refractivity contribution in [1.82, 2.24) is 10.3 Å². The predicted octanol–water partition coefficient (Wildman–Crippen LogP) is 2.31. The molecule has 17 heavy (non-hydrogen) atoms. The number of carbonyl (C=O) groups excluding carboxylic acids is 1. The standard InChI is InChI=1S/C13H17N3O/c17-12-15-13(6-2-1-3-7-13)10-16(12)11-5-4-8-14-9-11/h4-5,8-9H,1-3,6-7,10H2,(H,15,17). The van der Waals surface area contributed by atoms with Gasteiger partial charge in [0.2, 0.25) is 0 Å². The quantitative estimate of drug-likeness (QED) is 0.806. The van der Waals surface area contributed by atoms with E-state index in [9.17, 15) is 4.79 Å². The number of urea groups is 1. The van der Waals surface area contributed by atoms with Gasteiger partial charge in [0.1, 0.15) is 0 Å². The van der Waals surface area contributed by atoms with Crippen molar-refractivity contribution in [3.05, 3.63) is 24.5 Å². The van der Waals surface area contributed by atoms with Gasteiger partial charge in [0.05, 0.1) is 24.0 Å². The van der Waals surface area contributed by atoms with Crippen LogP contribution in [0.25, 0.3) is 0 Å². The van der Waals surface area contributed by atoms with Gasteiger partial charge in [0, 0.05) is 6.20 Å². The minimum absolute atomic E-state index is 0.0190. The van der Waals surface area contributed by atoms with Crippen molar-refractivity contribution in [2.75, 3.05) is 11.4 Å². The van der Waals surface area contributed by atoms with Crippen LogP contribution in [0.3, 0.4) is 0 Å². The molecule has 2 aliphatic rings. The summed E-state index contributed by atoms with van der Waals surface area (Å²) in [5.74, 6) is 0. The molecule has 2 heterocycles. The van der Waals surface area contributed by atoms with Crippen molar-refractivity contribution in [3.8, 4) is 0 Å². The second-order valence-corrected chi connectivity index (χ2v) is 5.07. The molecule has 1 saturated carbocycles. The van der Waals surface area contributed by atoms with E-state index in [-0.39, 0.29) is 11.6 Å². The first-order chi connectivity index (χ1) is 8.29. The van der Waals surface area contributed by atoms with Crippen LogP contribution in [0.2, 0.25) is 0 Å². The Morgan fingerprint density at radius 1 is 1.29 bits per heavy atom. The van der Waals surface area contributed by atoms with E-state index in [1.54, 1.807) is 12.4 Å². The Hall–Kier alpha value is -1.58. The Bertz CT molecular complexity index is 412. The van der Waals surface area contributed by atoms with Crippen molar-refractivity contribution >= 4 is 11.7 Å². The van der Waals surface area contributed by atoms with Crippen molar-refractivity contribution in [2.45, 2.75) is 37.6 Å². The van der Waals surface area contributed by atoms with Gasteiger partial charge in [0.25, 0.3) is 0 Å². The average molecular weight is 231 g/mol. The highest BCUT2D eigenvalue weighted by atomic mass is 16.2. The first kappa shape index (κ1) is 10.6. The fourth-order valence-electron chi connectivity index (χ4n) is 2.94. The minimum Gasteiger partial charge on any atom is -0.330 e. The molecular formula is C13H17N3O. The van der Waals surface area contributed by atoms with E-state index in [2.05, 4.69) is 10.3 Å². The third-order valence-electron chi connectivity index (χ3n) is 3.85. The molecule has 0 aromatic carbocycles. The van der Waals surface area contributed by atoms with Gasteiger partial charge in [-0.2, -0.15) is 0 Å². The summed E-state index contributed by atoms with van der Waals surface area (Å²) in [7, 11) is 0. The average Bonchev–Trinajstić information content (AvgIpc) is 2.68. The van der Waals surface area contributed by atoms with Crippen LogP contribution >= 0.6 is 0 Å². The van der Waals surface area contributed by atoms with Crippen LogP contribution in [0.1, 0.15) is 32.1 Å². The summed E-state index contributed by atoms with van der Waals surface area (Å²) >= 11 is 0. The zero-order valence-corrected chi connectivity index (χ0v) is 9.85. The van der Waals surface area contributed by atoms with Crippen LogP contribution in [0.4, 0.5) is 10.5 Å². The summed E-state index contributed by atoms with van der Waals surface area (Å²) < 4.78 is 0. The second kappa shape index (κ2) is 4.02. The highest BCUT2D eigenvalue weighted by molar-refractivity contribution is 5.95. The number of hydrogen-bond donors (Lipinski definition) is 1. The number of pyridine rings is 1. The molecule has 1 aromatic heterocycles. The van der Waals surface area contributed by atoms with Crippen molar-refractivity contribution in [2.24, 2.45) is 0 Å². The van der Waals surface area contributed by atoms with E-state index in [0.29, 0.717) is 0 Å². The lowest BCUT2D eigenvalue weighted by atomic mass is 9.82. The number of amides is 2. The summed E-state index contributed by atoms with van der Waals surface area (Å²) in [6, 6.07) is 3.84. The lowest BCUT2D eigenvalue weighted by molar-refractivity contribution is 0.237. The van der Waals surface area contributed by atoms with Crippen LogP contribution in [-0.4, -0.2) is 23.1 Å². The largest absolute Gasteiger partial charge is 0.330 e. The third-order valence-corrected chi connectivity index (χ3v) is 3.85. The van der Waals surface area contributed by atoms with E-state index in [1.165, 1.54) is 19.3 Å². The van der Waals surface area contributed by atoms with Crippen molar-refractivity contribution < 1.29 is 4.79 Å². The van der Waals surface area contributed by atoms with Gasteiger partial charge in [-0.25, -0.2) is 4.79 Å². The molecule has 2 fully saturated rings. The molecule has 3 rings (SSSR count). The third kappa shape index (κ3) is 1.88. The Balaban J connectivity index is 1.82. The van der Waals surface area contributed by atoms with Gasteiger partial charge < -0.3 is 5.32 Å². The van der Waals surface area contributed by atoms with Gasteiger partial charge in [-0.3, -0.25) is 9.88 Å².